The lowest BCUT2D eigenvalue weighted by atomic mass is 9.87. The molecule has 32 heavy (non-hydrogen) atoms. The molecule has 8 heteroatoms. The number of hydrogen-bond acceptors (Lipinski definition) is 4. The lowest BCUT2D eigenvalue weighted by Crippen LogP contribution is -2.44. The van der Waals surface area contributed by atoms with Gasteiger partial charge in [0, 0.05) is 18.1 Å². The SMILES string of the molecule is CCCc1c(OC2CCCC[C@H]2CO[Si](C)(C)C(C)(C)C)ccc2c(C(F)(F)F)noc12. The molecular weight excluding hydrogens is 435 g/mol. The van der Waals surface area contributed by atoms with Crippen molar-refractivity contribution in [2.24, 2.45) is 5.92 Å². The van der Waals surface area contributed by atoms with Gasteiger partial charge in [-0.1, -0.05) is 45.7 Å². The molecule has 1 saturated carbocycles. The highest BCUT2D eigenvalue weighted by Crippen LogP contribution is 2.41. The van der Waals surface area contributed by atoms with Gasteiger partial charge in [-0.3, -0.25) is 0 Å². The molecule has 0 amide bonds. The average molecular weight is 472 g/mol. The second-order valence-electron chi connectivity index (χ2n) is 10.5. The zero-order valence-electron chi connectivity index (χ0n) is 20.1. The van der Waals surface area contributed by atoms with E-state index in [0.717, 1.165) is 32.1 Å². The molecule has 1 aromatic heterocycles. The van der Waals surface area contributed by atoms with E-state index in [1.807, 2.05) is 6.92 Å². The molecule has 1 heterocycles. The molecule has 2 atom stereocenters. The van der Waals surface area contributed by atoms with Gasteiger partial charge in [0.1, 0.15) is 11.9 Å². The van der Waals surface area contributed by atoms with Crippen LogP contribution in [0.3, 0.4) is 0 Å². The van der Waals surface area contributed by atoms with Crippen molar-refractivity contribution in [1.29, 1.82) is 0 Å². The summed E-state index contributed by atoms with van der Waals surface area (Å²) in [5.74, 6) is 0.872. The van der Waals surface area contributed by atoms with E-state index in [-0.39, 0.29) is 28.0 Å². The molecule has 0 N–H and O–H groups in total. The van der Waals surface area contributed by atoms with E-state index in [9.17, 15) is 13.2 Å². The smallest absolute Gasteiger partial charge is 0.437 e. The quantitative estimate of drug-likeness (QED) is 0.387. The first-order valence-corrected chi connectivity index (χ1v) is 14.5. The molecule has 1 fully saturated rings. The van der Waals surface area contributed by atoms with Crippen molar-refractivity contribution >= 4 is 19.3 Å². The number of fused-ring (bicyclic) bond motifs is 1. The molecule has 3 rings (SSSR count). The Labute approximate surface area is 190 Å². The van der Waals surface area contributed by atoms with Crippen molar-refractivity contribution < 1.29 is 26.9 Å². The average Bonchev–Trinajstić information content (AvgIpc) is 3.13. The summed E-state index contributed by atoms with van der Waals surface area (Å²) in [6.45, 7) is 13.8. The number of ether oxygens (including phenoxy) is 1. The third-order valence-corrected chi connectivity index (χ3v) is 11.6. The maximum atomic E-state index is 13.3. The fraction of sp³-hybridized carbons (Fsp3) is 0.708. The summed E-state index contributed by atoms with van der Waals surface area (Å²) in [5.41, 5.74) is -0.126. The molecule has 0 saturated heterocycles. The van der Waals surface area contributed by atoms with E-state index in [4.69, 9.17) is 13.7 Å². The van der Waals surface area contributed by atoms with Crippen LogP contribution in [0.15, 0.2) is 16.7 Å². The molecule has 180 valence electrons. The highest BCUT2D eigenvalue weighted by molar-refractivity contribution is 6.74. The number of aryl methyl sites for hydroxylation is 1. The van der Waals surface area contributed by atoms with Crippen molar-refractivity contribution in [2.75, 3.05) is 6.61 Å². The number of rotatable bonds is 7. The molecule has 0 spiro atoms. The first-order valence-electron chi connectivity index (χ1n) is 11.6. The van der Waals surface area contributed by atoms with Crippen LogP contribution in [0, 0.1) is 5.92 Å². The Bertz CT molecular complexity index is 918. The van der Waals surface area contributed by atoms with Gasteiger partial charge < -0.3 is 13.7 Å². The Hall–Kier alpha value is -1.54. The molecular formula is C24H36F3NO3Si. The van der Waals surface area contributed by atoms with Gasteiger partial charge in [0.15, 0.2) is 19.6 Å². The van der Waals surface area contributed by atoms with Crippen LogP contribution >= 0.6 is 0 Å². The largest absolute Gasteiger partial charge is 0.490 e. The summed E-state index contributed by atoms with van der Waals surface area (Å²) in [6.07, 6.45) is 0.927. The number of halogens is 3. The Morgan fingerprint density at radius 3 is 2.44 bits per heavy atom. The molecule has 0 radical (unpaired) electrons. The van der Waals surface area contributed by atoms with Crippen molar-refractivity contribution in [3.8, 4) is 5.75 Å². The fourth-order valence-electron chi connectivity index (χ4n) is 4.06. The minimum Gasteiger partial charge on any atom is -0.490 e. The summed E-state index contributed by atoms with van der Waals surface area (Å²) in [7, 11) is -1.87. The van der Waals surface area contributed by atoms with Crippen molar-refractivity contribution in [3.63, 3.8) is 0 Å². The van der Waals surface area contributed by atoms with Gasteiger partial charge >= 0.3 is 6.18 Å². The van der Waals surface area contributed by atoms with Crippen molar-refractivity contribution in [3.05, 3.63) is 23.4 Å². The molecule has 1 unspecified atom stereocenters. The van der Waals surface area contributed by atoms with Crippen LogP contribution in [0.4, 0.5) is 13.2 Å². The standard InChI is InChI=1S/C24H36F3NO3Si/c1-7-10-17-20(14-13-18-21(17)31-28-22(18)24(25,26)27)30-19-12-9-8-11-16(19)15-29-32(5,6)23(2,3)4/h13-14,16,19H,7-12,15H2,1-6H3/t16-,19?/m0/s1. The molecule has 1 aliphatic carbocycles. The van der Waals surface area contributed by atoms with Crippen LogP contribution in [-0.2, 0) is 17.0 Å². The monoisotopic (exact) mass is 471 g/mol. The predicted molar refractivity (Wildman–Crippen MR) is 123 cm³/mol. The Morgan fingerprint density at radius 1 is 1.12 bits per heavy atom. The van der Waals surface area contributed by atoms with Crippen molar-refractivity contribution in [1.82, 2.24) is 5.16 Å². The second-order valence-corrected chi connectivity index (χ2v) is 15.3. The van der Waals surface area contributed by atoms with E-state index in [0.29, 0.717) is 24.3 Å². The number of nitrogens with zero attached hydrogens (tertiary/aromatic N) is 1. The molecule has 1 aromatic carbocycles. The minimum absolute atomic E-state index is 0.00486. The number of alkyl halides is 3. The van der Waals surface area contributed by atoms with Gasteiger partial charge in [-0.25, -0.2) is 0 Å². The van der Waals surface area contributed by atoms with Gasteiger partial charge in [0.25, 0.3) is 0 Å². The maximum absolute atomic E-state index is 13.3. The van der Waals surface area contributed by atoms with Crippen LogP contribution in [0.25, 0.3) is 11.0 Å². The zero-order valence-corrected chi connectivity index (χ0v) is 21.1. The summed E-state index contributed by atoms with van der Waals surface area (Å²) in [6, 6.07) is 3.08. The first-order chi connectivity index (χ1) is 14.8. The van der Waals surface area contributed by atoms with Crippen LogP contribution in [0.5, 0.6) is 5.75 Å². The lowest BCUT2D eigenvalue weighted by Gasteiger charge is -2.39. The third-order valence-electron chi connectivity index (χ3n) is 7.05. The molecule has 2 aromatic rings. The topological polar surface area (TPSA) is 44.5 Å². The molecule has 1 aliphatic rings. The lowest BCUT2D eigenvalue weighted by molar-refractivity contribution is -0.141. The number of hydrogen-bond donors (Lipinski definition) is 0. The van der Waals surface area contributed by atoms with E-state index in [1.165, 1.54) is 6.07 Å². The maximum Gasteiger partial charge on any atom is 0.437 e. The summed E-state index contributed by atoms with van der Waals surface area (Å²) >= 11 is 0. The van der Waals surface area contributed by atoms with E-state index < -0.39 is 20.2 Å². The van der Waals surface area contributed by atoms with Gasteiger partial charge in [-0.2, -0.15) is 13.2 Å². The Morgan fingerprint density at radius 2 is 1.81 bits per heavy atom. The van der Waals surface area contributed by atoms with E-state index in [2.05, 4.69) is 39.0 Å². The molecule has 4 nitrogen and oxygen atoms in total. The third kappa shape index (κ3) is 5.33. The molecule has 0 aliphatic heterocycles. The normalized spacial score (nSPS) is 20.7. The summed E-state index contributed by atoms with van der Waals surface area (Å²) in [5, 5.41) is 3.45. The Kier molecular flexibility index (Phi) is 7.35. The molecule has 0 bridgehead atoms. The fourth-order valence-corrected chi connectivity index (χ4v) is 5.12. The summed E-state index contributed by atoms with van der Waals surface area (Å²) < 4.78 is 58.0. The summed E-state index contributed by atoms with van der Waals surface area (Å²) in [4.78, 5) is 0. The van der Waals surface area contributed by atoms with Gasteiger partial charge in [0.05, 0.1) is 5.39 Å². The second kappa shape index (κ2) is 9.37. The van der Waals surface area contributed by atoms with Crippen LogP contribution in [0.1, 0.15) is 71.1 Å². The first kappa shape index (κ1) is 25.1. The van der Waals surface area contributed by atoms with Crippen LogP contribution in [0.2, 0.25) is 18.1 Å². The highest BCUT2D eigenvalue weighted by atomic mass is 28.4. The van der Waals surface area contributed by atoms with Crippen LogP contribution in [-0.4, -0.2) is 26.2 Å². The van der Waals surface area contributed by atoms with Gasteiger partial charge in [0.2, 0.25) is 0 Å². The predicted octanol–water partition coefficient (Wildman–Crippen LogP) is 7.76. The van der Waals surface area contributed by atoms with Crippen molar-refractivity contribution in [2.45, 2.75) is 96.6 Å². The highest BCUT2D eigenvalue weighted by Gasteiger charge is 2.40. The number of aromatic nitrogens is 1. The van der Waals surface area contributed by atoms with Gasteiger partial charge in [-0.05, 0) is 55.9 Å². The minimum atomic E-state index is -4.55. The van der Waals surface area contributed by atoms with E-state index in [1.54, 1.807) is 6.07 Å². The van der Waals surface area contributed by atoms with Crippen LogP contribution < -0.4 is 4.74 Å². The Balaban J connectivity index is 1.85. The van der Waals surface area contributed by atoms with Gasteiger partial charge in [-0.15, -0.1) is 0 Å². The zero-order chi connectivity index (χ0) is 23.7. The van der Waals surface area contributed by atoms with E-state index >= 15 is 0 Å². The number of benzene rings is 1.